The summed E-state index contributed by atoms with van der Waals surface area (Å²) >= 11 is 0. The predicted molar refractivity (Wildman–Crippen MR) is 80.3 cm³/mol. The van der Waals surface area contributed by atoms with Crippen LogP contribution in [0.4, 0.5) is 11.6 Å². The third-order valence-corrected chi connectivity index (χ3v) is 2.96. The first-order valence-corrected chi connectivity index (χ1v) is 6.52. The average molecular weight is 289 g/mol. The highest BCUT2D eigenvalue weighted by Gasteiger charge is 2.12. The van der Waals surface area contributed by atoms with Crippen molar-refractivity contribution in [3.05, 3.63) is 35.2 Å². The van der Waals surface area contributed by atoms with Crippen LogP contribution in [-0.4, -0.2) is 29.3 Å². The van der Waals surface area contributed by atoms with E-state index in [0.717, 1.165) is 17.1 Å². The maximum atomic E-state index is 9.45. The van der Waals surface area contributed by atoms with Gasteiger partial charge in [0.1, 0.15) is 0 Å². The predicted octanol–water partition coefficient (Wildman–Crippen LogP) is 2.35. The van der Waals surface area contributed by atoms with Gasteiger partial charge in [0, 0.05) is 28.7 Å². The number of ether oxygens (including phenoxy) is 2. The Morgan fingerprint density at radius 3 is 2.24 bits per heavy atom. The molecule has 0 amide bonds. The molecule has 0 spiro atoms. The minimum absolute atomic E-state index is 0.150. The maximum absolute atomic E-state index is 9.45. The molecule has 1 heterocycles. The van der Waals surface area contributed by atoms with E-state index in [0.29, 0.717) is 23.0 Å². The van der Waals surface area contributed by atoms with Crippen molar-refractivity contribution in [2.75, 3.05) is 19.5 Å². The van der Waals surface area contributed by atoms with Crippen LogP contribution < -0.4 is 14.8 Å². The second-order valence-electron chi connectivity index (χ2n) is 4.63. The minimum Gasteiger partial charge on any atom is -0.493 e. The number of nitrogens with zero attached hydrogens (tertiary/aromatic N) is 2. The van der Waals surface area contributed by atoms with Crippen LogP contribution in [0, 0.1) is 13.8 Å². The minimum atomic E-state index is -0.150. The number of anilines is 2. The van der Waals surface area contributed by atoms with Gasteiger partial charge in [-0.05, 0) is 26.0 Å². The van der Waals surface area contributed by atoms with Crippen LogP contribution in [0.1, 0.15) is 17.0 Å². The zero-order chi connectivity index (χ0) is 15.4. The van der Waals surface area contributed by atoms with E-state index in [1.165, 1.54) is 7.11 Å². The summed E-state index contributed by atoms with van der Waals surface area (Å²) < 4.78 is 10.5. The summed E-state index contributed by atoms with van der Waals surface area (Å²) in [4.78, 5) is 8.65. The van der Waals surface area contributed by atoms with Crippen molar-refractivity contribution in [1.82, 2.24) is 9.97 Å². The van der Waals surface area contributed by atoms with Gasteiger partial charge in [-0.25, -0.2) is 9.97 Å². The van der Waals surface area contributed by atoms with E-state index < -0.39 is 0 Å². The van der Waals surface area contributed by atoms with Crippen LogP contribution in [0.15, 0.2) is 18.2 Å². The largest absolute Gasteiger partial charge is 0.493 e. The molecule has 6 nitrogen and oxygen atoms in total. The van der Waals surface area contributed by atoms with E-state index in [1.54, 1.807) is 19.2 Å². The third-order valence-electron chi connectivity index (χ3n) is 2.96. The number of nitrogens with one attached hydrogen (secondary N) is 1. The second kappa shape index (κ2) is 6.41. The Kier molecular flexibility index (Phi) is 4.59. The van der Waals surface area contributed by atoms with Crippen LogP contribution in [0.5, 0.6) is 11.5 Å². The highest BCUT2D eigenvalue weighted by Crippen LogP contribution is 2.35. The van der Waals surface area contributed by atoms with Gasteiger partial charge in [-0.1, -0.05) is 0 Å². The smallest absolute Gasteiger partial charge is 0.227 e. The van der Waals surface area contributed by atoms with E-state index in [4.69, 9.17) is 9.47 Å². The molecule has 1 aromatic heterocycles. The summed E-state index contributed by atoms with van der Waals surface area (Å²) in [5.41, 5.74) is 3.12. The van der Waals surface area contributed by atoms with Crippen LogP contribution in [0.2, 0.25) is 0 Å². The molecule has 6 heteroatoms. The van der Waals surface area contributed by atoms with E-state index >= 15 is 0 Å². The van der Waals surface area contributed by atoms with Gasteiger partial charge in [0.25, 0.3) is 0 Å². The van der Waals surface area contributed by atoms with Crippen molar-refractivity contribution < 1.29 is 14.6 Å². The topological polar surface area (TPSA) is 76.5 Å². The second-order valence-corrected chi connectivity index (χ2v) is 4.63. The Labute approximate surface area is 123 Å². The fraction of sp³-hybridized carbons (Fsp3) is 0.333. The lowest BCUT2D eigenvalue weighted by Crippen LogP contribution is -2.02. The number of aliphatic hydroxyl groups is 1. The standard InChI is InChI=1S/C15H19N3O3/c1-9-5-10(2)17-15(16-9)18-12-6-11(8-19)14(21-4)13(7-12)20-3/h5-7,19H,8H2,1-4H3,(H,16,17,18). The number of benzene rings is 1. The molecule has 0 bridgehead atoms. The zero-order valence-electron chi connectivity index (χ0n) is 12.6. The van der Waals surface area contributed by atoms with Gasteiger partial charge in [0.15, 0.2) is 11.5 Å². The lowest BCUT2D eigenvalue weighted by atomic mass is 10.1. The molecule has 0 saturated carbocycles. The van der Waals surface area contributed by atoms with E-state index in [9.17, 15) is 5.11 Å². The van der Waals surface area contributed by atoms with Crippen molar-refractivity contribution in [2.45, 2.75) is 20.5 Å². The average Bonchev–Trinajstić information content (AvgIpc) is 2.45. The van der Waals surface area contributed by atoms with Crippen molar-refractivity contribution in [3.8, 4) is 11.5 Å². The molecule has 112 valence electrons. The van der Waals surface area contributed by atoms with Gasteiger partial charge in [-0.15, -0.1) is 0 Å². The first-order chi connectivity index (χ1) is 10.1. The summed E-state index contributed by atoms with van der Waals surface area (Å²) in [6.45, 7) is 3.67. The Hall–Kier alpha value is -2.34. The lowest BCUT2D eigenvalue weighted by Gasteiger charge is -2.14. The molecule has 0 atom stereocenters. The van der Waals surface area contributed by atoms with Crippen molar-refractivity contribution in [1.29, 1.82) is 0 Å². The van der Waals surface area contributed by atoms with Crippen molar-refractivity contribution in [3.63, 3.8) is 0 Å². The van der Waals surface area contributed by atoms with Crippen LogP contribution in [-0.2, 0) is 6.61 Å². The summed E-state index contributed by atoms with van der Waals surface area (Å²) in [7, 11) is 3.09. The van der Waals surface area contributed by atoms with Crippen molar-refractivity contribution >= 4 is 11.6 Å². The fourth-order valence-electron chi connectivity index (χ4n) is 2.14. The Bertz CT molecular complexity index is 599. The molecule has 0 radical (unpaired) electrons. The summed E-state index contributed by atoms with van der Waals surface area (Å²) in [6, 6.07) is 5.46. The number of hydrogen-bond acceptors (Lipinski definition) is 6. The lowest BCUT2D eigenvalue weighted by molar-refractivity contribution is 0.270. The van der Waals surface area contributed by atoms with Crippen LogP contribution in [0.25, 0.3) is 0 Å². The molecule has 0 aliphatic heterocycles. The fourth-order valence-corrected chi connectivity index (χ4v) is 2.14. The number of aromatic nitrogens is 2. The Morgan fingerprint density at radius 1 is 1.05 bits per heavy atom. The highest BCUT2D eigenvalue weighted by atomic mass is 16.5. The normalized spacial score (nSPS) is 10.3. The third kappa shape index (κ3) is 3.41. The molecule has 0 fully saturated rings. The molecular formula is C15H19N3O3. The van der Waals surface area contributed by atoms with Crippen LogP contribution >= 0.6 is 0 Å². The zero-order valence-corrected chi connectivity index (χ0v) is 12.6. The molecule has 2 N–H and O–H groups in total. The molecular weight excluding hydrogens is 270 g/mol. The number of aryl methyl sites for hydroxylation is 2. The summed E-state index contributed by atoms with van der Waals surface area (Å²) in [5, 5.41) is 12.6. The van der Waals surface area contributed by atoms with Gasteiger partial charge in [0.05, 0.1) is 20.8 Å². The summed E-state index contributed by atoms with van der Waals surface area (Å²) in [5.74, 6) is 1.56. The number of methoxy groups -OCH3 is 2. The quantitative estimate of drug-likeness (QED) is 0.880. The molecule has 0 aliphatic carbocycles. The number of rotatable bonds is 5. The van der Waals surface area contributed by atoms with Crippen molar-refractivity contribution in [2.24, 2.45) is 0 Å². The highest BCUT2D eigenvalue weighted by molar-refractivity contribution is 5.63. The van der Waals surface area contributed by atoms with Gasteiger partial charge < -0.3 is 19.9 Å². The molecule has 0 unspecified atom stereocenters. The molecule has 0 aliphatic rings. The Morgan fingerprint density at radius 2 is 1.71 bits per heavy atom. The molecule has 2 rings (SSSR count). The van der Waals surface area contributed by atoms with Gasteiger partial charge in [0.2, 0.25) is 5.95 Å². The molecule has 0 saturated heterocycles. The van der Waals surface area contributed by atoms with Gasteiger partial charge in [-0.2, -0.15) is 0 Å². The molecule has 1 aromatic carbocycles. The number of hydrogen-bond donors (Lipinski definition) is 2. The monoisotopic (exact) mass is 289 g/mol. The molecule has 2 aromatic rings. The van der Waals surface area contributed by atoms with E-state index in [-0.39, 0.29) is 6.61 Å². The summed E-state index contributed by atoms with van der Waals surface area (Å²) in [6.07, 6.45) is 0. The van der Waals surface area contributed by atoms with E-state index in [2.05, 4.69) is 15.3 Å². The van der Waals surface area contributed by atoms with Crippen LogP contribution in [0.3, 0.4) is 0 Å². The molecule has 21 heavy (non-hydrogen) atoms. The maximum Gasteiger partial charge on any atom is 0.227 e. The first-order valence-electron chi connectivity index (χ1n) is 6.52. The number of aliphatic hydroxyl groups excluding tert-OH is 1. The van der Waals surface area contributed by atoms with Gasteiger partial charge in [-0.3, -0.25) is 0 Å². The first kappa shape index (κ1) is 15.1. The van der Waals surface area contributed by atoms with Gasteiger partial charge >= 0.3 is 0 Å². The Balaban J connectivity index is 2.40. The van der Waals surface area contributed by atoms with E-state index in [1.807, 2.05) is 19.9 Å². The SMILES string of the molecule is COc1cc(Nc2nc(C)cc(C)n2)cc(CO)c1OC.